The first kappa shape index (κ1) is 19.3. The second-order valence-electron chi connectivity index (χ2n) is 7.24. The highest BCUT2D eigenvalue weighted by atomic mass is 16.5. The average Bonchev–Trinajstić information content (AvgIpc) is 2.74. The minimum absolute atomic E-state index is 0.0637. The number of ether oxygens (including phenoxy) is 1. The van der Waals surface area contributed by atoms with Crippen LogP contribution in [0.25, 0.3) is 10.9 Å². The summed E-state index contributed by atoms with van der Waals surface area (Å²) in [6.07, 6.45) is 0. The first-order chi connectivity index (χ1) is 14.1. The molecule has 1 aliphatic rings. The number of hydrogen-bond donors (Lipinski definition) is 1. The number of piperazine rings is 1. The van der Waals surface area contributed by atoms with Crippen molar-refractivity contribution >= 4 is 22.6 Å². The number of carbonyl (C=O) groups excluding carboxylic acids is 1. The van der Waals surface area contributed by atoms with E-state index >= 15 is 0 Å². The lowest BCUT2D eigenvalue weighted by Gasteiger charge is -2.34. The molecule has 0 saturated carbocycles. The summed E-state index contributed by atoms with van der Waals surface area (Å²) in [5.74, 6) is 1.29. The van der Waals surface area contributed by atoms with Crippen LogP contribution in [0.2, 0.25) is 0 Å². The number of rotatable bonds is 5. The van der Waals surface area contributed by atoms with Gasteiger partial charge >= 0.3 is 0 Å². The summed E-state index contributed by atoms with van der Waals surface area (Å²) in [6.45, 7) is 4.04. The minimum Gasteiger partial charge on any atom is -0.383 e. The molecular weight excluding hydrogens is 366 g/mol. The van der Waals surface area contributed by atoms with Crippen molar-refractivity contribution in [2.24, 2.45) is 0 Å². The van der Waals surface area contributed by atoms with Gasteiger partial charge in [-0.25, -0.2) is 9.97 Å². The third-order valence-electron chi connectivity index (χ3n) is 5.19. The Morgan fingerprint density at radius 3 is 2.66 bits per heavy atom. The van der Waals surface area contributed by atoms with E-state index in [1.807, 2.05) is 53.4 Å². The first-order valence-corrected chi connectivity index (χ1v) is 9.74. The maximum atomic E-state index is 12.8. The first-order valence-electron chi connectivity index (χ1n) is 9.74. The second-order valence-corrected chi connectivity index (χ2v) is 7.24. The number of aromatic nitrogens is 2. The molecule has 1 aliphatic heterocycles. The summed E-state index contributed by atoms with van der Waals surface area (Å²) < 4.78 is 5.16. The van der Waals surface area contributed by atoms with Gasteiger partial charge in [0, 0.05) is 44.2 Å². The molecule has 0 spiro atoms. The van der Waals surface area contributed by atoms with Crippen molar-refractivity contribution in [3.8, 4) is 0 Å². The predicted molar refractivity (Wildman–Crippen MR) is 112 cm³/mol. The van der Waals surface area contributed by atoms with Gasteiger partial charge < -0.3 is 15.4 Å². The molecule has 2 heterocycles. The van der Waals surface area contributed by atoms with Crippen LogP contribution in [0.1, 0.15) is 21.7 Å². The van der Waals surface area contributed by atoms with E-state index in [1.165, 1.54) is 0 Å². The summed E-state index contributed by atoms with van der Waals surface area (Å²) in [5.41, 5.74) is 8.66. The maximum absolute atomic E-state index is 12.8. The normalized spacial score (nSPS) is 15.0. The Kier molecular flexibility index (Phi) is 5.69. The van der Waals surface area contributed by atoms with Gasteiger partial charge in [0.25, 0.3) is 5.91 Å². The fourth-order valence-electron chi connectivity index (χ4n) is 3.67. The minimum atomic E-state index is 0.0637. The highest BCUT2D eigenvalue weighted by molar-refractivity contribution is 5.94. The Bertz CT molecular complexity index is 1020. The Balaban J connectivity index is 1.38. The number of benzene rings is 2. The number of nitrogen functional groups attached to an aromatic ring is 1. The number of nitrogens with two attached hydrogens (primary N) is 1. The monoisotopic (exact) mass is 391 g/mol. The molecule has 7 heteroatoms. The van der Waals surface area contributed by atoms with Crippen LogP contribution in [0.15, 0.2) is 48.5 Å². The largest absolute Gasteiger partial charge is 0.383 e. The molecule has 1 amide bonds. The molecule has 2 N–H and O–H groups in total. The summed E-state index contributed by atoms with van der Waals surface area (Å²) in [5, 5.41) is 0.877. The van der Waals surface area contributed by atoms with E-state index in [2.05, 4.69) is 14.9 Å². The topological polar surface area (TPSA) is 84.6 Å². The van der Waals surface area contributed by atoms with Crippen molar-refractivity contribution in [2.45, 2.75) is 13.2 Å². The molecule has 4 rings (SSSR count). The fraction of sp³-hybridized carbons (Fsp3) is 0.318. The van der Waals surface area contributed by atoms with E-state index in [9.17, 15) is 4.79 Å². The molecule has 0 bridgehead atoms. The molecule has 0 radical (unpaired) electrons. The van der Waals surface area contributed by atoms with Crippen molar-refractivity contribution in [2.75, 3.05) is 39.0 Å². The van der Waals surface area contributed by atoms with Gasteiger partial charge in [-0.15, -0.1) is 0 Å². The van der Waals surface area contributed by atoms with Gasteiger partial charge in [0.15, 0.2) is 0 Å². The van der Waals surface area contributed by atoms with Crippen LogP contribution in [-0.4, -0.2) is 59.0 Å². The number of anilines is 1. The molecule has 2 aromatic carbocycles. The van der Waals surface area contributed by atoms with E-state index in [0.29, 0.717) is 43.4 Å². The van der Waals surface area contributed by atoms with Crippen molar-refractivity contribution in [1.29, 1.82) is 0 Å². The molecule has 1 aromatic heterocycles. The van der Waals surface area contributed by atoms with Crippen LogP contribution in [0.5, 0.6) is 0 Å². The maximum Gasteiger partial charge on any atom is 0.253 e. The summed E-state index contributed by atoms with van der Waals surface area (Å²) >= 11 is 0. The predicted octanol–water partition coefficient (Wildman–Crippen LogP) is 2.32. The van der Waals surface area contributed by atoms with E-state index in [4.69, 9.17) is 10.5 Å². The van der Waals surface area contributed by atoms with Crippen LogP contribution >= 0.6 is 0 Å². The highest BCUT2D eigenvalue weighted by Gasteiger charge is 2.23. The molecular formula is C22H25N5O2. The molecule has 0 aliphatic carbocycles. The molecule has 29 heavy (non-hydrogen) atoms. The quantitative estimate of drug-likeness (QED) is 0.719. The third-order valence-corrected chi connectivity index (χ3v) is 5.19. The molecule has 150 valence electrons. The van der Waals surface area contributed by atoms with Gasteiger partial charge in [-0.3, -0.25) is 9.69 Å². The smallest absolute Gasteiger partial charge is 0.253 e. The van der Waals surface area contributed by atoms with Crippen LogP contribution in [0.3, 0.4) is 0 Å². The molecule has 0 unspecified atom stereocenters. The number of methoxy groups -OCH3 is 1. The number of carbonyl (C=O) groups is 1. The molecule has 7 nitrogen and oxygen atoms in total. The van der Waals surface area contributed by atoms with Gasteiger partial charge in [0.05, 0.1) is 18.7 Å². The average molecular weight is 391 g/mol. The highest BCUT2D eigenvalue weighted by Crippen LogP contribution is 2.18. The van der Waals surface area contributed by atoms with E-state index < -0.39 is 0 Å². The number of nitrogens with zero attached hydrogens (tertiary/aromatic N) is 4. The Hall–Kier alpha value is -3.03. The SMILES string of the molecule is COCc1cccc(C(=O)N2CCN(Cc3nc(N)c4ccccc4n3)CC2)c1. The van der Waals surface area contributed by atoms with Crippen molar-refractivity contribution in [1.82, 2.24) is 19.8 Å². The summed E-state index contributed by atoms with van der Waals surface area (Å²) in [7, 11) is 1.65. The Morgan fingerprint density at radius 2 is 1.86 bits per heavy atom. The number of amides is 1. The van der Waals surface area contributed by atoms with Crippen molar-refractivity contribution in [3.05, 3.63) is 65.5 Å². The molecule has 1 saturated heterocycles. The lowest BCUT2D eigenvalue weighted by atomic mass is 10.1. The van der Waals surface area contributed by atoms with Crippen LogP contribution in [0, 0.1) is 0 Å². The van der Waals surface area contributed by atoms with Crippen molar-refractivity contribution < 1.29 is 9.53 Å². The van der Waals surface area contributed by atoms with Crippen LogP contribution in [-0.2, 0) is 17.9 Å². The van der Waals surface area contributed by atoms with Gasteiger partial charge in [0.2, 0.25) is 0 Å². The summed E-state index contributed by atoms with van der Waals surface area (Å²) in [6, 6.07) is 15.4. The van der Waals surface area contributed by atoms with Crippen molar-refractivity contribution in [3.63, 3.8) is 0 Å². The zero-order chi connectivity index (χ0) is 20.2. The van der Waals surface area contributed by atoms with Gasteiger partial charge in [-0.05, 0) is 29.8 Å². The number of fused-ring (bicyclic) bond motifs is 1. The lowest BCUT2D eigenvalue weighted by Crippen LogP contribution is -2.48. The zero-order valence-corrected chi connectivity index (χ0v) is 16.5. The molecule has 1 fully saturated rings. The van der Waals surface area contributed by atoms with Gasteiger partial charge in [-0.1, -0.05) is 24.3 Å². The van der Waals surface area contributed by atoms with Crippen LogP contribution in [0.4, 0.5) is 5.82 Å². The van der Waals surface area contributed by atoms with E-state index in [1.54, 1.807) is 7.11 Å². The van der Waals surface area contributed by atoms with Crippen LogP contribution < -0.4 is 5.73 Å². The third kappa shape index (κ3) is 4.36. The number of hydrogen-bond acceptors (Lipinski definition) is 6. The molecule has 0 atom stereocenters. The lowest BCUT2D eigenvalue weighted by molar-refractivity contribution is 0.0625. The van der Waals surface area contributed by atoms with E-state index in [0.717, 1.165) is 29.6 Å². The zero-order valence-electron chi connectivity index (χ0n) is 16.5. The second kappa shape index (κ2) is 8.55. The molecule has 3 aromatic rings. The van der Waals surface area contributed by atoms with Gasteiger partial charge in [0.1, 0.15) is 11.6 Å². The fourth-order valence-corrected chi connectivity index (χ4v) is 3.67. The number of para-hydroxylation sites is 1. The Morgan fingerprint density at radius 1 is 1.07 bits per heavy atom. The van der Waals surface area contributed by atoms with Gasteiger partial charge in [-0.2, -0.15) is 0 Å². The standard InChI is InChI=1S/C22H25N5O2/c1-29-15-16-5-4-6-17(13-16)22(28)27-11-9-26(10-12-27)14-20-24-19-8-3-2-7-18(19)21(23)25-20/h2-8,13H,9-12,14-15H2,1H3,(H2,23,24,25). The summed E-state index contributed by atoms with van der Waals surface area (Å²) in [4.78, 5) is 26.1. The Labute approximate surface area is 170 Å². The van der Waals surface area contributed by atoms with E-state index in [-0.39, 0.29) is 5.91 Å².